The first-order chi connectivity index (χ1) is 7.06. The van der Waals surface area contributed by atoms with Crippen molar-refractivity contribution < 1.29 is 23.9 Å². The monoisotopic (exact) mass is 213 g/mol. The van der Waals surface area contributed by atoms with Crippen molar-refractivity contribution in [2.24, 2.45) is 0 Å². The van der Waals surface area contributed by atoms with Gasteiger partial charge in [0.1, 0.15) is 5.70 Å². The third kappa shape index (κ3) is 2.63. The highest BCUT2D eigenvalue weighted by atomic mass is 16.6. The summed E-state index contributed by atoms with van der Waals surface area (Å²) in [7, 11) is 1.46. The van der Waals surface area contributed by atoms with E-state index in [2.05, 4.69) is 10.1 Å². The molecule has 15 heavy (non-hydrogen) atoms. The third-order valence-corrected chi connectivity index (χ3v) is 1.87. The van der Waals surface area contributed by atoms with Crippen molar-refractivity contribution in [3.8, 4) is 0 Å². The van der Waals surface area contributed by atoms with Crippen LogP contribution in [-0.2, 0) is 23.9 Å². The molecule has 1 heterocycles. The molecule has 6 nitrogen and oxygen atoms in total. The van der Waals surface area contributed by atoms with Crippen molar-refractivity contribution in [3.05, 3.63) is 11.3 Å². The molecular weight excluding hydrogens is 202 g/mol. The lowest BCUT2D eigenvalue weighted by molar-refractivity contribution is -0.151. The fourth-order valence-corrected chi connectivity index (χ4v) is 1.01. The molecule has 6 heteroatoms. The van der Waals surface area contributed by atoms with Gasteiger partial charge in [-0.1, -0.05) is 0 Å². The zero-order valence-electron chi connectivity index (χ0n) is 8.46. The van der Waals surface area contributed by atoms with Gasteiger partial charge in [0.25, 0.3) is 0 Å². The summed E-state index contributed by atoms with van der Waals surface area (Å²) in [4.78, 5) is 33.2. The lowest BCUT2D eigenvalue weighted by Crippen LogP contribution is -2.27. The van der Waals surface area contributed by atoms with Gasteiger partial charge in [-0.2, -0.15) is 0 Å². The molecule has 82 valence electrons. The normalized spacial score (nSPS) is 15.6. The number of cyclic esters (lactones) is 2. The van der Waals surface area contributed by atoms with Crippen LogP contribution in [0, 0.1) is 0 Å². The standard InChI is InChI=1S/C9H11NO5/c1-5-7(9(13)15-8(5)12)10-6(11)3-4-14-2/h3-4H2,1-2H3,(H,10,11). The minimum atomic E-state index is -0.816. The number of carbonyl (C=O) groups is 3. The van der Waals surface area contributed by atoms with Crippen molar-refractivity contribution >= 4 is 17.8 Å². The maximum Gasteiger partial charge on any atom is 0.363 e. The van der Waals surface area contributed by atoms with Gasteiger partial charge in [-0.15, -0.1) is 0 Å². The summed E-state index contributed by atoms with van der Waals surface area (Å²) in [6, 6.07) is 0. The van der Waals surface area contributed by atoms with Crippen molar-refractivity contribution in [2.45, 2.75) is 13.3 Å². The second-order valence-corrected chi connectivity index (χ2v) is 2.97. The van der Waals surface area contributed by atoms with Crippen LogP contribution >= 0.6 is 0 Å². The van der Waals surface area contributed by atoms with Crippen LogP contribution in [0.15, 0.2) is 11.3 Å². The number of nitrogens with one attached hydrogen (secondary N) is 1. The van der Waals surface area contributed by atoms with Gasteiger partial charge in [0.2, 0.25) is 5.91 Å². The van der Waals surface area contributed by atoms with E-state index in [4.69, 9.17) is 4.74 Å². The third-order valence-electron chi connectivity index (χ3n) is 1.87. The topological polar surface area (TPSA) is 81.7 Å². The summed E-state index contributed by atoms with van der Waals surface area (Å²) in [5, 5.41) is 2.31. The molecular formula is C9H11NO5. The highest BCUT2D eigenvalue weighted by Crippen LogP contribution is 2.13. The number of rotatable bonds is 4. The van der Waals surface area contributed by atoms with Crippen LogP contribution in [0.1, 0.15) is 13.3 Å². The number of methoxy groups -OCH3 is 1. The summed E-state index contributed by atoms with van der Waals surface area (Å²) < 4.78 is 8.99. The Balaban J connectivity index is 2.61. The highest BCUT2D eigenvalue weighted by molar-refractivity contribution is 6.13. The lowest BCUT2D eigenvalue weighted by Gasteiger charge is -2.02. The number of carbonyl (C=O) groups excluding carboxylic acids is 3. The largest absolute Gasteiger partial charge is 0.385 e. The van der Waals surface area contributed by atoms with Gasteiger partial charge in [0.05, 0.1) is 18.6 Å². The Kier molecular flexibility index (Phi) is 3.56. The van der Waals surface area contributed by atoms with Gasteiger partial charge in [-0.25, -0.2) is 9.59 Å². The first-order valence-corrected chi connectivity index (χ1v) is 4.32. The minimum absolute atomic E-state index is 0.0823. The molecule has 0 saturated heterocycles. The molecule has 1 aliphatic rings. The number of esters is 2. The van der Waals surface area contributed by atoms with Crippen LogP contribution in [0.25, 0.3) is 0 Å². The molecule has 0 saturated carbocycles. The molecule has 1 rings (SSSR count). The van der Waals surface area contributed by atoms with Gasteiger partial charge < -0.3 is 14.8 Å². The Labute approximate surface area is 86.2 Å². The van der Waals surface area contributed by atoms with E-state index < -0.39 is 17.8 Å². The zero-order valence-corrected chi connectivity index (χ0v) is 8.46. The summed E-state index contributed by atoms with van der Waals surface area (Å²) in [5.74, 6) is -1.93. The van der Waals surface area contributed by atoms with Crippen LogP contribution in [0.3, 0.4) is 0 Å². The van der Waals surface area contributed by atoms with Crippen molar-refractivity contribution in [1.82, 2.24) is 5.32 Å². The van der Waals surface area contributed by atoms with Crippen LogP contribution < -0.4 is 5.32 Å². The zero-order chi connectivity index (χ0) is 11.4. The maximum atomic E-state index is 11.2. The SMILES string of the molecule is COCCC(=O)NC1=C(C)C(=O)OC1=O. The Morgan fingerprint density at radius 3 is 2.53 bits per heavy atom. The smallest absolute Gasteiger partial charge is 0.363 e. The average molecular weight is 213 g/mol. The van der Waals surface area contributed by atoms with Crippen LogP contribution in [0.5, 0.6) is 0 Å². The van der Waals surface area contributed by atoms with Crippen molar-refractivity contribution in [3.63, 3.8) is 0 Å². The van der Waals surface area contributed by atoms with Gasteiger partial charge >= 0.3 is 11.9 Å². The number of hydrogen-bond acceptors (Lipinski definition) is 5. The predicted octanol–water partition coefficient (Wildman–Crippen LogP) is -0.504. The highest BCUT2D eigenvalue weighted by Gasteiger charge is 2.30. The summed E-state index contributed by atoms with van der Waals surface area (Å²) in [6.07, 6.45) is 0.120. The fraction of sp³-hybridized carbons (Fsp3) is 0.444. The Hall–Kier alpha value is -1.69. The molecule has 0 atom stereocenters. The summed E-state index contributed by atoms with van der Waals surface area (Å²) in [5.41, 5.74) is 0.0341. The summed E-state index contributed by atoms with van der Waals surface area (Å²) >= 11 is 0. The molecule has 0 spiro atoms. The van der Waals surface area contributed by atoms with Gasteiger partial charge in [-0.05, 0) is 6.92 Å². The fourth-order valence-electron chi connectivity index (χ4n) is 1.01. The molecule has 0 aromatic rings. The molecule has 0 aromatic carbocycles. The number of hydrogen-bond donors (Lipinski definition) is 1. The Morgan fingerprint density at radius 1 is 1.40 bits per heavy atom. The van der Waals surface area contributed by atoms with Crippen LogP contribution in [0.4, 0.5) is 0 Å². The molecule has 0 unspecified atom stereocenters. The lowest BCUT2D eigenvalue weighted by atomic mass is 10.2. The van der Waals surface area contributed by atoms with Crippen LogP contribution in [0.2, 0.25) is 0 Å². The molecule has 0 aromatic heterocycles. The van der Waals surface area contributed by atoms with E-state index in [-0.39, 0.29) is 24.3 Å². The van der Waals surface area contributed by atoms with E-state index in [1.54, 1.807) is 0 Å². The van der Waals surface area contributed by atoms with E-state index in [0.717, 1.165) is 0 Å². The van der Waals surface area contributed by atoms with Crippen molar-refractivity contribution in [2.75, 3.05) is 13.7 Å². The van der Waals surface area contributed by atoms with Gasteiger partial charge in [0, 0.05) is 7.11 Å². The van der Waals surface area contributed by atoms with E-state index in [9.17, 15) is 14.4 Å². The second kappa shape index (κ2) is 4.70. The van der Waals surface area contributed by atoms with Crippen LogP contribution in [-0.4, -0.2) is 31.6 Å². The average Bonchev–Trinajstić information content (AvgIpc) is 2.42. The van der Waals surface area contributed by atoms with Crippen molar-refractivity contribution in [1.29, 1.82) is 0 Å². The van der Waals surface area contributed by atoms with E-state index in [0.29, 0.717) is 0 Å². The number of amides is 1. The van der Waals surface area contributed by atoms with Gasteiger partial charge in [0.15, 0.2) is 0 Å². The molecule has 1 aliphatic heterocycles. The Bertz CT molecular complexity index is 344. The molecule has 1 amide bonds. The second-order valence-electron chi connectivity index (χ2n) is 2.97. The minimum Gasteiger partial charge on any atom is -0.385 e. The maximum absolute atomic E-state index is 11.2. The van der Waals surface area contributed by atoms with E-state index in [1.165, 1.54) is 14.0 Å². The summed E-state index contributed by atoms with van der Waals surface area (Å²) in [6.45, 7) is 1.67. The molecule has 0 aliphatic carbocycles. The van der Waals surface area contributed by atoms with Gasteiger partial charge in [-0.3, -0.25) is 4.79 Å². The molecule has 1 N–H and O–H groups in total. The Morgan fingerprint density at radius 2 is 2.07 bits per heavy atom. The first-order valence-electron chi connectivity index (χ1n) is 4.32. The molecule has 0 fully saturated rings. The van der Waals surface area contributed by atoms with E-state index in [1.807, 2.05) is 0 Å². The molecule has 0 bridgehead atoms. The molecule has 0 radical (unpaired) electrons. The quantitative estimate of drug-likeness (QED) is 0.502. The van der Waals surface area contributed by atoms with E-state index >= 15 is 0 Å². The first kappa shape index (κ1) is 11.4. The predicted molar refractivity (Wildman–Crippen MR) is 48.4 cm³/mol. The number of ether oxygens (including phenoxy) is 2.